The van der Waals surface area contributed by atoms with Gasteiger partial charge in [-0.25, -0.2) is 0 Å². The molecule has 0 saturated carbocycles. The molecule has 0 spiro atoms. The molecule has 1 aliphatic heterocycles. The molecule has 3 nitrogen and oxygen atoms in total. The summed E-state index contributed by atoms with van der Waals surface area (Å²) in [6, 6.07) is 5.87. The van der Waals surface area contributed by atoms with Gasteiger partial charge in [0, 0.05) is 17.6 Å². The van der Waals surface area contributed by atoms with E-state index < -0.39 is 0 Å². The first-order chi connectivity index (χ1) is 9.13. The molecular formula is C15H21BrN2O. The fourth-order valence-corrected chi connectivity index (χ4v) is 3.12. The topological polar surface area (TPSA) is 32.3 Å². The zero-order chi connectivity index (χ0) is 13.8. The smallest absolute Gasteiger partial charge is 0.255 e. The number of piperidine rings is 1. The van der Waals surface area contributed by atoms with Crippen LogP contribution in [0.1, 0.15) is 28.8 Å². The van der Waals surface area contributed by atoms with Crippen molar-refractivity contribution < 1.29 is 4.79 Å². The second kappa shape index (κ2) is 6.53. The molecule has 4 heteroatoms. The van der Waals surface area contributed by atoms with E-state index in [0.29, 0.717) is 5.92 Å². The molecule has 1 aromatic carbocycles. The lowest BCUT2D eigenvalue weighted by atomic mass is 9.97. The van der Waals surface area contributed by atoms with Gasteiger partial charge < -0.3 is 10.2 Å². The molecule has 1 saturated heterocycles. The van der Waals surface area contributed by atoms with Crippen LogP contribution in [0.5, 0.6) is 0 Å². The average molecular weight is 325 g/mol. The summed E-state index contributed by atoms with van der Waals surface area (Å²) in [5.41, 5.74) is 1.89. The molecule has 0 aromatic heterocycles. The number of amides is 1. The van der Waals surface area contributed by atoms with Gasteiger partial charge in [-0.2, -0.15) is 0 Å². The highest BCUT2D eigenvalue weighted by atomic mass is 79.9. The number of hydrogen-bond donors (Lipinski definition) is 1. The third-order valence-electron chi connectivity index (χ3n) is 3.72. The van der Waals surface area contributed by atoms with Crippen molar-refractivity contribution in [3.8, 4) is 0 Å². The van der Waals surface area contributed by atoms with Crippen molar-refractivity contribution in [2.75, 3.05) is 26.7 Å². The molecule has 2 rings (SSSR count). The molecule has 1 aromatic rings. The third kappa shape index (κ3) is 3.37. The highest BCUT2D eigenvalue weighted by Gasteiger charge is 2.25. The fourth-order valence-electron chi connectivity index (χ4n) is 2.69. The Morgan fingerprint density at radius 3 is 3.05 bits per heavy atom. The van der Waals surface area contributed by atoms with Crippen LogP contribution in [0.15, 0.2) is 22.7 Å². The van der Waals surface area contributed by atoms with Gasteiger partial charge in [-0.05, 0) is 66.8 Å². The Morgan fingerprint density at radius 1 is 1.53 bits per heavy atom. The molecule has 1 heterocycles. The van der Waals surface area contributed by atoms with Crippen LogP contribution in [0.3, 0.4) is 0 Å². The largest absolute Gasteiger partial charge is 0.338 e. The normalized spacial score (nSPS) is 19.5. The summed E-state index contributed by atoms with van der Waals surface area (Å²) < 4.78 is 0.927. The van der Waals surface area contributed by atoms with Gasteiger partial charge in [-0.3, -0.25) is 4.79 Å². The first-order valence-corrected chi connectivity index (χ1v) is 7.61. The highest BCUT2D eigenvalue weighted by molar-refractivity contribution is 9.10. The molecule has 104 valence electrons. The number of carbonyl (C=O) groups excluding carboxylic acids is 1. The molecule has 1 unspecified atom stereocenters. The maximum atomic E-state index is 12.6. The van der Waals surface area contributed by atoms with Crippen LogP contribution < -0.4 is 5.32 Å². The minimum absolute atomic E-state index is 0.149. The van der Waals surface area contributed by atoms with Gasteiger partial charge in [0.2, 0.25) is 0 Å². The second-order valence-corrected chi connectivity index (χ2v) is 6.05. The van der Waals surface area contributed by atoms with Crippen LogP contribution in [-0.2, 0) is 0 Å². The number of hydrogen-bond acceptors (Lipinski definition) is 2. The number of benzene rings is 1. The molecule has 0 radical (unpaired) electrons. The van der Waals surface area contributed by atoms with E-state index in [4.69, 9.17) is 0 Å². The summed E-state index contributed by atoms with van der Waals surface area (Å²) in [6.07, 6.45) is 2.31. The van der Waals surface area contributed by atoms with E-state index in [1.54, 1.807) is 0 Å². The third-order valence-corrected chi connectivity index (χ3v) is 4.77. The van der Waals surface area contributed by atoms with Gasteiger partial charge in [0.25, 0.3) is 5.91 Å². The first-order valence-electron chi connectivity index (χ1n) is 6.82. The molecule has 0 aliphatic carbocycles. The van der Waals surface area contributed by atoms with E-state index in [2.05, 4.69) is 21.2 Å². The lowest BCUT2D eigenvalue weighted by Gasteiger charge is -2.33. The van der Waals surface area contributed by atoms with Crippen molar-refractivity contribution in [3.63, 3.8) is 0 Å². The summed E-state index contributed by atoms with van der Waals surface area (Å²) >= 11 is 3.53. The van der Waals surface area contributed by atoms with Gasteiger partial charge in [-0.1, -0.05) is 12.1 Å². The van der Waals surface area contributed by atoms with Crippen molar-refractivity contribution in [1.29, 1.82) is 0 Å². The summed E-state index contributed by atoms with van der Waals surface area (Å²) in [5, 5.41) is 3.21. The number of halogens is 1. The van der Waals surface area contributed by atoms with Crippen LogP contribution in [0.4, 0.5) is 0 Å². The number of nitrogens with one attached hydrogen (secondary N) is 1. The van der Waals surface area contributed by atoms with Crippen molar-refractivity contribution in [2.45, 2.75) is 19.8 Å². The summed E-state index contributed by atoms with van der Waals surface area (Å²) in [7, 11) is 1.97. The van der Waals surface area contributed by atoms with E-state index in [-0.39, 0.29) is 5.91 Å². The number of likely N-dealkylation sites (tertiary alicyclic amines) is 1. The van der Waals surface area contributed by atoms with Crippen LogP contribution in [0.2, 0.25) is 0 Å². The number of aryl methyl sites for hydroxylation is 1. The Kier molecular flexibility index (Phi) is 4.99. The minimum Gasteiger partial charge on any atom is -0.338 e. The van der Waals surface area contributed by atoms with E-state index in [1.807, 2.05) is 37.1 Å². The van der Waals surface area contributed by atoms with Crippen molar-refractivity contribution in [3.05, 3.63) is 33.8 Å². The quantitative estimate of drug-likeness (QED) is 0.927. The lowest BCUT2D eigenvalue weighted by Crippen LogP contribution is -2.42. The maximum absolute atomic E-state index is 12.6. The summed E-state index contributed by atoms with van der Waals surface area (Å²) in [5.74, 6) is 0.725. The maximum Gasteiger partial charge on any atom is 0.255 e. The first kappa shape index (κ1) is 14.5. The zero-order valence-corrected chi connectivity index (χ0v) is 13.2. The summed E-state index contributed by atoms with van der Waals surface area (Å²) in [4.78, 5) is 14.6. The highest BCUT2D eigenvalue weighted by Crippen LogP contribution is 2.24. The minimum atomic E-state index is 0.149. The van der Waals surface area contributed by atoms with Crippen molar-refractivity contribution >= 4 is 21.8 Å². The van der Waals surface area contributed by atoms with E-state index >= 15 is 0 Å². The molecule has 1 aliphatic rings. The predicted octanol–water partition coefficient (Wildman–Crippen LogP) is 2.83. The van der Waals surface area contributed by atoms with Gasteiger partial charge in [0.05, 0.1) is 5.56 Å². The Labute approximate surface area is 123 Å². The monoisotopic (exact) mass is 324 g/mol. The molecule has 0 bridgehead atoms. The van der Waals surface area contributed by atoms with Crippen LogP contribution in [0.25, 0.3) is 0 Å². The van der Waals surface area contributed by atoms with Crippen LogP contribution in [0, 0.1) is 12.8 Å². The SMILES string of the molecule is CNCC1CCCN(C(=O)c2cccc(C)c2Br)C1. The van der Waals surface area contributed by atoms with Gasteiger partial charge in [-0.15, -0.1) is 0 Å². The van der Waals surface area contributed by atoms with Crippen LogP contribution in [-0.4, -0.2) is 37.5 Å². The standard InChI is InChI=1S/C15H21BrN2O/c1-11-5-3-7-13(14(11)16)15(19)18-8-4-6-12(10-18)9-17-2/h3,5,7,12,17H,4,6,8-10H2,1-2H3. The Bertz CT molecular complexity index is 459. The summed E-state index contributed by atoms with van der Waals surface area (Å²) in [6.45, 7) is 4.74. The van der Waals surface area contributed by atoms with E-state index in [0.717, 1.165) is 41.7 Å². The number of nitrogens with zero attached hydrogens (tertiary/aromatic N) is 1. The number of carbonyl (C=O) groups is 1. The Morgan fingerprint density at radius 2 is 2.32 bits per heavy atom. The van der Waals surface area contributed by atoms with Crippen LogP contribution >= 0.6 is 15.9 Å². The number of rotatable bonds is 3. The van der Waals surface area contributed by atoms with E-state index in [9.17, 15) is 4.79 Å². The Balaban J connectivity index is 2.12. The molecule has 19 heavy (non-hydrogen) atoms. The average Bonchev–Trinajstić information content (AvgIpc) is 2.42. The van der Waals surface area contributed by atoms with E-state index in [1.165, 1.54) is 6.42 Å². The van der Waals surface area contributed by atoms with Gasteiger partial charge >= 0.3 is 0 Å². The van der Waals surface area contributed by atoms with Gasteiger partial charge in [0.15, 0.2) is 0 Å². The van der Waals surface area contributed by atoms with Crippen molar-refractivity contribution in [1.82, 2.24) is 10.2 Å². The molecule has 1 fully saturated rings. The predicted molar refractivity (Wildman–Crippen MR) is 81.4 cm³/mol. The molecule has 1 atom stereocenters. The fraction of sp³-hybridized carbons (Fsp3) is 0.533. The van der Waals surface area contributed by atoms with Crippen molar-refractivity contribution in [2.24, 2.45) is 5.92 Å². The molecule has 1 N–H and O–H groups in total. The Hall–Kier alpha value is -0.870. The molecular weight excluding hydrogens is 304 g/mol. The lowest BCUT2D eigenvalue weighted by molar-refractivity contribution is 0.0673. The van der Waals surface area contributed by atoms with Gasteiger partial charge in [0.1, 0.15) is 0 Å². The molecule has 1 amide bonds. The second-order valence-electron chi connectivity index (χ2n) is 5.25. The zero-order valence-electron chi connectivity index (χ0n) is 11.6.